The summed E-state index contributed by atoms with van der Waals surface area (Å²) in [6.07, 6.45) is 2.30. The number of anilines is 1. The maximum Gasteiger partial charge on any atom is 0.253 e. The highest BCUT2D eigenvalue weighted by Crippen LogP contribution is 2.16. The minimum absolute atomic E-state index is 0.0424. The lowest BCUT2D eigenvalue weighted by molar-refractivity contribution is 0.0858. The van der Waals surface area contributed by atoms with Crippen LogP contribution in [0.25, 0.3) is 0 Å². The third-order valence-electron chi connectivity index (χ3n) is 3.13. The van der Waals surface area contributed by atoms with E-state index in [2.05, 4.69) is 24.5 Å². The number of benzene rings is 1. The lowest BCUT2D eigenvalue weighted by Gasteiger charge is -2.15. The van der Waals surface area contributed by atoms with Crippen molar-refractivity contribution in [2.24, 2.45) is 0 Å². The summed E-state index contributed by atoms with van der Waals surface area (Å²) in [6.45, 7) is 5.52. The van der Waals surface area contributed by atoms with Crippen LogP contribution in [0.2, 0.25) is 0 Å². The third-order valence-corrected chi connectivity index (χ3v) is 3.13. The van der Waals surface area contributed by atoms with Crippen molar-refractivity contribution < 1.29 is 9.53 Å². The van der Waals surface area contributed by atoms with Crippen LogP contribution in [0.15, 0.2) is 24.3 Å². The first-order valence-electron chi connectivity index (χ1n) is 6.92. The predicted molar refractivity (Wildman–Crippen MR) is 76.5 cm³/mol. The maximum atomic E-state index is 12.2. The highest BCUT2D eigenvalue weighted by atomic mass is 16.5. The molecular formula is C15H22N2O2. The number of ether oxygens (including phenoxy) is 1. The van der Waals surface area contributed by atoms with Crippen LogP contribution < -0.4 is 10.6 Å². The fraction of sp³-hybridized carbons (Fsp3) is 0.533. The van der Waals surface area contributed by atoms with Crippen molar-refractivity contribution in [3.8, 4) is 0 Å². The first-order chi connectivity index (χ1) is 9.16. The van der Waals surface area contributed by atoms with Crippen LogP contribution in [0, 0.1) is 0 Å². The van der Waals surface area contributed by atoms with E-state index in [9.17, 15) is 4.79 Å². The van der Waals surface area contributed by atoms with Gasteiger partial charge in [0.25, 0.3) is 5.91 Å². The molecule has 19 heavy (non-hydrogen) atoms. The van der Waals surface area contributed by atoms with Crippen molar-refractivity contribution in [1.82, 2.24) is 5.32 Å². The highest BCUT2D eigenvalue weighted by Gasteiger charge is 2.17. The van der Waals surface area contributed by atoms with Crippen LogP contribution >= 0.6 is 0 Å². The van der Waals surface area contributed by atoms with E-state index in [0.29, 0.717) is 18.2 Å². The zero-order chi connectivity index (χ0) is 13.7. The first kappa shape index (κ1) is 13.9. The number of carbonyl (C=O) groups excluding carboxylic acids is 1. The molecule has 0 aliphatic carbocycles. The molecule has 1 aliphatic heterocycles. The molecule has 1 unspecified atom stereocenters. The molecule has 1 saturated heterocycles. The van der Waals surface area contributed by atoms with E-state index in [4.69, 9.17) is 4.74 Å². The van der Waals surface area contributed by atoms with Gasteiger partial charge < -0.3 is 15.4 Å². The average Bonchev–Trinajstić information content (AvgIpc) is 2.89. The Hall–Kier alpha value is -1.55. The van der Waals surface area contributed by atoms with E-state index < -0.39 is 0 Å². The summed E-state index contributed by atoms with van der Waals surface area (Å²) >= 11 is 0. The first-order valence-corrected chi connectivity index (χ1v) is 6.92. The largest absolute Gasteiger partial charge is 0.382 e. The minimum Gasteiger partial charge on any atom is -0.382 e. The number of carbonyl (C=O) groups is 1. The van der Waals surface area contributed by atoms with Gasteiger partial charge in [-0.25, -0.2) is 0 Å². The molecule has 1 amide bonds. The number of nitrogens with one attached hydrogen (secondary N) is 2. The van der Waals surface area contributed by atoms with Crippen molar-refractivity contribution in [2.45, 2.75) is 38.8 Å². The van der Waals surface area contributed by atoms with E-state index in [1.165, 1.54) is 0 Å². The summed E-state index contributed by atoms with van der Waals surface area (Å²) in [5, 5.41) is 6.24. The Morgan fingerprint density at radius 3 is 2.89 bits per heavy atom. The van der Waals surface area contributed by atoms with Gasteiger partial charge in [-0.15, -0.1) is 0 Å². The highest BCUT2D eigenvalue weighted by molar-refractivity contribution is 5.99. The van der Waals surface area contributed by atoms with Crippen molar-refractivity contribution in [1.29, 1.82) is 0 Å². The number of hydrogen-bond donors (Lipinski definition) is 2. The Balaban J connectivity index is 1.97. The summed E-state index contributed by atoms with van der Waals surface area (Å²) in [6, 6.07) is 7.89. The van der Waals surface area contributed by atoms with Gasteiger partial charge in [0.05, 0.1) is 11.7 Å². The fourth-order valence-corrected chi connectivity index (χ4v) is 2.23. The van der Waals surface area contributed by atoms with E-state index in [1.807, 2.05) is 24.3 Å². The molecule has 1 atom stereocenters. The van der Waals surface area contributed by atoms with Gasteiger partial charge in [-0.2, -0.15) is 0 Å². The maximum absolute atomic E-state index is 12.2. The van der Waals surface area contributed by atoms with Gasteiger partial charge in [0, 0.05) is 24.9 Å². The zero-order valence-electron chi connectivity index (χ0n) is 11.6. The molecule has 2 rings (SSSR count). The average molecular weight is 262 g/mol. The second kappa shape index (κ2) is 6.57. The summed E-state index contributed by atoms with van der Waals surface area (Å²) in [5.41, 5.74) is 1.57. The normalized spacial score (nSPS) is 18.6. The van der Waals surface area contributed by atoms with Crippen molar-refractivity contribution in [3.05, 3.63) is 29.8 Å². The number of amides is 1. The Morgan fingerprint density at radius 2 is 2.21 bits per heavy atom. The van der Waals surface area contributed by atoms with E-state index >= 15 is 0 Å². The molecule has 1 aromatic carbocycles. The smallest absolute Gasteiger partial charge is 0.253 e. The molecule has 0 spiro atoms. The molecule has 1 fully saturated rings. The van der Waals surface area contributed by atoms with Crippen LogP contribution in [0.1, 0.15) is 37.0 Å². The number of para-hydroxylation sites is 1. The van der Waals surface area contributed by atoms with Gasteiger partial charge in [-0.3, -0.25) is 4.79 Å². The topological polar surface area (TPSA) is 50.4 Å². The van der Waals surface area contributed by atoms with Crippen LogP contribution in [0.3, 0.4) is 0 Å². The van der Waals surface area contributed by atoms with E-state index in [-0.39, 0.29) is 12.0 Å². The van der Waals surface area contributed by atoms with Crippen LogP contribution in [0.5, 0.6) is 0 Å². The molecule has 104 valence electrons. The lowest BCUT2D eigenvalue weighted by Crippen LogP contribution is -2.32. The predicted octanol–water partition coefficient (Wildman–Crippen LogP) is 2.42. The van der Waals surface area contributed by atoms with Crippen molar-refractivity contribution in [3.63, 3.8) is 0 Å². The van der Waals surface area contributed by atoms with Crippen molar-refractivity contribution >= 4 is 11.6 Å². The quantitative estimate of drug-likeness (QED) is 0.856. The van der Waals surface area contributed by atoms with Crippen LogP contribution in [-0.4, -0.2) is 31.2 Å². The molecule has 0 saturated carbocycles. The molecule has 2 N–H and O–H groups in total. The van der Waals surface area contributed by atoms with Crippen LogP contribution in [-0.2, 0) is 4.74 Å². The zero-order valence-corrected chi connectivity index (χ0v) is 11.6. The lowest BCUT2D eigenvalue weighted by atomic mass is 10.1. The Kier molecular flexibility index (Phi) is 4.80. The SMILES string of the molecule is CC(C)Nc1ccccc1C(=O)NCC1CCCO1. The van der Waals surface area contributed by atoms with E-state index in [1.54, 1.807) is 0 Å². The third kappa shape index (κ3) is 3.96. The van der Waals surface area contributed by atoms with Crippen LogP contribution in [0.4, 0.5) is 5.69 Å². The Bertz CT molecular complexity index is 426. The summed E-state index contributed by atoms with van der Waals surface area (Å²) in [5.74, 6) is -0.0424. The summed E-state index contributed by atoms with van der Waals surface area (Å²) in [4.78, 5) is 12.2. The monoisotopic (exact) mass is 262 g/mol. The van der Waals surface area contributed by atoms with Gasteiger partial charge >= 0.3 is 0 Å². The summed E-state index contributed by atoms with van der Waals surface area (Å²) < 4.78 is 5.50. The molecule has 1 aromatic rings. The van der Waals surface area contributed by atoms with Gasteiger partial charge in [-0.1, -0.05) is 12.1 Å². The minimum atomic E-state index is -0.0424. The summed E-state index contributed by atoms with van der Waals surface area (Å²) in [7, 11) is 0. The molecule has 0 bridgehead atoms. The standard InChI is InChI=1S/C15H22N2O2/c1-11(2)17-14-8-4-3-7-13(14)15(18)16-10-12-6-5-9-19-12/h3-4,7-8,11-12,17H,5-6,9-10H2,1-2H3,(H,16,18). The molecule has 0 radical (unpaired) electrons. The molecule has 4 nitrogen and oxygen atoms in total. The fourth-order valence-electron chi connectivity index (χ4n) is 2.23. The molecule has 1 heterocycles. The molecule has 1 aliphatic rings. The second-order valence-electron chi connectivity index (χ2n) is 5.19. The molecule has 0 aromatic heterocycles. The number of hydrogen-bond acceptors (Lipinski definition) is 3. The van der Waals surface area contributed by atoms with Gasteiger partial charge in [-0.05, 0) is 38.8 Å². The van der Waals surface area contributed by atoms with Gasteiger partial charge in [0.1, 0.15) is 0 Å². The van der Waals surface area contributed by atoms with Gasteiger partial charge in [0.15, 0.2) is 0 Å². The second-order valence-corrected chi connectivity index (χ2v) is 5.19. The Labute approximate surface area is 114 Å². The Morgan fingerprint density at radius 1 is 1.42 bits per heavy atom. The molecular weight excluding hydrogens is 240 g/mol. The molecule has 4 heteroatoms. The number of rotatable bonds is 5. The van der Waals surface area contributed by atoms with E-state index in [0.717, 1.165) is 25.1 Å². The van der Waals surface area contributed by atoms with Crippen molar-refractivity contribution in [2.75, 3.05) is 18.5 Å². The van der Waals surface area contributed by atoms with Gasteiger partial charge in [0.2, 0.25) is 0 Å².